The SMILES string of the molecule is C=CC1CCC(OC2=CCC(C3(C4CCCCC4)C4=C(C=CC(N(C5CC(C)C(C6=CC7C8CCCC=C8N(C8CCCCC8)C7CC6)=CC5C)C5CCCC6CCCCC65)C4)C4C=CC=CC43)CC2)CC1. The van der Waals surface area contributed by atoms with E-state index in [1.165, 1.54) is 198 Å². The van der Waals surface area contributed by atoms with Gasteiger partial charge in [0.25, 0.3) is 0 Å². The number of allylic oxidation sites excluding steroid dienone is 13. The molecule has 6 fully saturated rings. The minimum absolute atomic E-state index is 0.240. The fraction of sp³-hybridized carbons (Fsp3) is 0.739. The van der Waals surface area contributed by atoms with Crippen molar-refractivity contribution >= 4 is 0 Å². The minimum atomic E-state index is 0.240. The van der Waals surface area contributed by atoms with Crippen molar-refractivity contribution in [3.05, 3.63) is 107 Å². The third kappa shape index (κ3) is 8.69. The molecule has 0 N–H and O–H groups in total. The Hall–Kier alpha value is -2.78. The Morgan fingerprint density at radius 3 is 2.32 bits per heavy atom. The maximum Gasteiger partial charge on any atom is 0.0982 e. The molecule has 5 saturated carbocycles. The molecule has 14 atom stereocenters. The summed E-state index contributed by atoms with van der Waals surface area (Å²) in [5.74, 6) is 9.13. The van der Waals surface area contributed by atoms with Gasteiger partial charge in [0.2, 0.25) is 0 Å². The van der Waals surface area contributed by atoms with Crippen molar-refractivity contribution in [2.45, 2.75) is 249 Å². The molecule has 0 spiro atoms. The van der Waals surface area contributed by atoms with Crippen LogP contribution >= 0.6 is 0 Å². The van der Waals surface area contributed by atoms with E-state index < -0.39 is 0 Å². The monoisotopic (exact) mass is 971 g/mol. The van der Waals surface area contributed by atoms with E-state index in [1.54, 1.807) is 22.4 Å². The summed E-state index contributed by atoms with van der Waals surface area (Å²) in [5, 5.41) is 0. The van der Waals surface area contributed by atoms with Gasteiger partial charge in [-0.15, -0.1) is 6.58 Å². The van der Waals surface area contributed by atoms with Gasteiger partial charge < -0.3 is 9.64 Å². The van der Waals surface area contributed by atoms with E-state index >= 15 is 0 Å². The minimum Gasteiger partial charge on any atom is -0.495 e. The zero-order chi connectivity index (χ0) is 48.3. The highest BCUT2D eigenvalue weighted by molar-refractivity contribution is 5.51. The van der Waals surface area contributed by atoms with Gasteiger partial charge in [0.15, 0.2) is 0 Å². The van der Waals surface area contributed by atoms with Crippen LogP contribution in [-0.2, 0) is 4.74 Å². The van der Waals surface area contributed by atoms with Crippen LogP contribution in [0.15, 0.2) is 107 Å². The summed E-state index contributed by atoms with van der Waals surface area (Å²) >= 11 is 0. The molecule has 0 aromatic carbocycles. The summed E-state index contributed by atoms with van der Waals surface area (Å²) in [6.07, 6.45) is 72.3. The van der Waals surface area contributed by atoms with Gasteiger partial charge in [-0.25, -0.2) is 0 Å². The van der Waals surface area contributed by atoms with E-state index in [4.69, 9.17) is 4.74 Å². The Labute approximate surface area is 439 Å². The zero-order valence-electron chi connectivity index (χ0n) is 45.6. The van der Waals surface area contributed by atoms with Crippen LogP contribution in [0, 0.1) is 70.5 Å². The topological polar surface area (TPSA) is 15.7 Å². The number of fused-ring (bicyclic) bond motifs is 6. The number of ether oxygens (including phenoxy) is 1. The smallest absolute Gasteiger partial charge is 0.0982 e. The van der Waals surface area contributed by atoms with Crippen molar-refractivity contribution in [2.24, 2.45) is 70.5 Å². The lowest BCUT2D eigenvalue weighted by molar-refractivity contribution is -0.0244. The van der Waals surface area contributed by atoms with Crippen LogP contribution in [0.3, 0.4) is 0 Å². The average molecular weight is 972 g/mol. The van der Waals surface area contributed by atoms with E-state index in [1.807, 2.05) is 5.57 Å². The standard InChI is InChI=1S/C69H98N2O/c1-4-48-30-36-55(37-31-48)72-56-38-33-52(34-39-56)69(51-20-7-5-8-21-51)63-27-15-13-25-58(63)59-40-35-54(45-64(59)69)71(65-29-17-19-49-18-11-12-24-57(49)65)68-43-46(2)61(42-47(68)3)50-32-41-67-62(44-50)60-26-14-16-28-66(60)70(67)53-22-9-6-10-23-53/h4,13,15,25,27-28,35,38,40,42,44,46-49,51-55,57-58,60,62-63,65,67-68H,1,5-12,14,16-24,26,29-34,36-37,39,41,43,45H2,2-3H3. The number of hydrogen-bond donors (Lipinski definition) is 0. The van der Waals surface area contributed by atoms with Crippen LogP contribution in [0.4, 0.5) is 0 Å². The van der Waals surface area contributed by atoms with E-state index in [0.717, 1.165) is 54.1 Å². The summed E-state index contributed by atoms with van der Waals surface area (Å²) in [6.45, 7) is 9.51. The average Bonchev–Trinajstić information content (AvgIpc) is 3.93. The summed E-state index contributed by atoms with van der Waals surface area (Å²) < 4.78 is 6.94. The number of likely N-dealkylation sites (tertiary alicyclic amines) is 1. The predicted molar refractivity (Wildman–Crippen MR) is 300 cm³/mol. The first-order valence-electron chi connectivity index (χ1n) is 31.9. The molecular formula is C69H98N2O. The van der Waals surface area contributed by atoms with Gasteiger partial charge in [-0.2, -0.15) is 0 Å². The van der Waals surface area contributed by atoms with E-state index in [2.05, 4.69) is 97.1 Å². The highest BCUT2D eigenvalue weighted by atomic mass is 16.5. The molecule has 1 heterocycles. The Bertz CT molecular complexity index is 2230. The Morgan fingerprint density at radius 1 is 0.708 bits per heavy atom. The molecule has 0 bridgehead atoms. The van der Waals surface area contributed by atoms with E-state index in [-0.39, 0.29) is 5.41 Å². The van der Waals surface area contributed by atoms with E-state index in [9.17, 15) is 0 Å². The van der Waals surface area contributed by atoms with Crippen molar-refractivity contribution in [1.29, 1.82) is 0 Å². The van der Waals surface area contributed by atoms with Gasteiger partial charge >= 0.3 is 0 Å². The molecule has 1 saturated heterocycles. The molecule has 0 amide bonds. The van der Waals surface area contributed by atoms with Gasteiger partial charge in [-0.3, -0.25) is 4.90 Å². The number of nitrogens with zero attached hydrogens (tertiary/aromatic N) is 2. The quantitative estimate of drug-likeness (QED) is 0.203. The summed E-state index contributed by atoms with van der Waals surface area (Å²) in [4.78, 5) is 6.42. The molecule has 13 rings (SSSR count). The van der Waals surface area contributed by atoms with Gasteiger partial charge in [-0.05, 0) is 192 Å². The fourth-order valence-electron chi connectivity index (χ4n) is 20.7. The van der Waals surface area contributed by atoms with E-state index in [0.29, 0.717) is 53.7 Å². The van der Waals surface area contributed by atoms with Crippen LogP contribution in [-0.4, -0.2) is 46.1 Å². The van der Waals surface area contributed by atoms with Gasteiger partial charge in [-0.1, -0.05) is 151 Å². The summed E-state index contributed by atoms with van der Waals surface area (Å²) in [6, 6.07) is 3.38. The largest absolute Gasteiger partial charge is 0.495 e. The molecule has 0 aromatic heterocycles. The van der Waals surface area contributed by atoms with Crippen LogP contribution in [0.5, 0.6) is 0 Å². The normalized spacial score (nSPS) is 43.4. The van der Waals surface area contributed by atoms with Gasteiger partial charge in [0, 0.05) is 65.5 Å². The van der Waals surface area contributed by atoms with Crippen molar-refractivity contribution in [1.82, 2.24) is 9.80 Å². The fourth-order valence-corrected chi connectivity index (χ4v) is 20.7. The van der Waals surface area contributed by atoms with Crippen molar-refractivity contribution < 1.29 is 4.74 Å². The van der Waals surface area contributed by atoms with Crippen LogP contribution < -0.4 is 0 Å². The van der Waals surface area contributed by atoms with Crippen LogP contribution in [0.1, 0.15) is 213 Å². The predicted octanol–water partition coefficient (Wildman–Crippen LogP) is 17.7. The molecular weight excluding hydrogens is 873 g/mol. The molecule has 13 aliphatic rings. The third-order valence-electron chi connectivity index (χ3n) is 23.8. The first kappa shape index (κ1) is 48.8. The molecule has 0 aromatic rings. The molecule has 0 radical (unpaired) electrons. The lowest BCUT2D eigenvalue weighted by Gasteiger charge is -2.56. The molecule has 72 heavy (non-hydrogen) atoms. The van der Waals surface area contributed by atoms with Gasteiger partial charge in [0.05, 0.1) is 11.9 Å². The lowest BCUT2D eigenvalue weighted by atomic mass is 9.51. The molecule has 3 nitrogen and oxygen atoms in total. The van der Waals surface area contributed by atoms with Crippen molar-refractivity contribution in [3.63, 3.8) is 0 Å². The Balaban J connectivity index is 0.825. The molecule has 1 aliphatic heterocycles. The summed E-state index contributed by atoms with van der Waals surface area (Å²) in [7, 11) is 0. The highest BCUT2D eigenvalue weighted by Crippen LogP contribution is 2.68. The summed E-state index contributed by atoms with van der Waals surface area (Å²) in [5.41, 5.74) is 9.28. The van der Waals surface area contributed by atoms with Crippen LogP contribution in [0.25, 0.3) is 0 Å². The number of rotatable bonds is 10. The Kier molecular flexibility index (Phi) is 14.2. The van der Waals surface area contributed by atoms with Gasteiger partial charge in [0.1, 0.15) is 0 Å². The Morgan fingerprint density at radius 2 is 1.50 bits per heavy atom. The second kappa shape index (κ2) is 21.0. The number of hydrogen-bond acceptors (Lipinski definition) is 3. The second-order valence-corrected chi connectivity index (χ2v) is 27.3. The third-order valence-corrected chi connectivity index (χ3v) is 23.8. The molecule has 14 unspecified atom stereocenters. The van der Waals surface area contributed by atoms with Crippen LogP contribution in [0.2, 0.25) is 0 Å². The van der Waals surface area contributed by atoms with Crippen molar-refractivity contribution in [3.8, 4) is 0 Å². The first-order valence-corrected chi connectivity index (χ1v) is 31.9. The zero-order valence-corrected chi connectivity index (χ0v) is 45.6. The maximum absolute atomic E-state index is 6.94. The second-order valence-electron chi connectivity index (χ2n) is 27.3. The molecule has 390 valence electrons. The lowest BCUT2D eigenvalue weighted by Crippen LogP contribution is -2.58. The molecule has 12 aliphatic carbocycles. The van der Waals surface area contributed by atoms with Crippen molar-refractivity contribution in [2.75, 3.05) is 0 Å². The highest BCUT2D eigenvalue weighted by Gasteiger charge is 2.60. The molecule has 3 heteroatoms. The first-order chi connectivity index (χ1) is 35.5. The maximum atomic E-state index is 6.94.